The Morgan fingerprint density at radius 1 is 0.706 bits per heavy atom. The Hall–Kier alpha value is 1.10. The van der Waals surface area contributed by atoms with Crippen LogP contribution in [0.3, 0.4) is 0 Å². The third-order valence-corrected chi connectivity index (χ3v) is 28.1. The zero-order valence-electron chi connectivity index (χ0n) is 11.6. The summed E-state index contributed by atoms with van der Waals surface area (Å²) in [5.74, 6) is 0. The molecular formula is C12H31O3PTe. The van der Waals surface area contributed by atoms with E-state index in [9.17, 15) is 14.7 Å². The zero-order valence-corrected chi connectivity index (χ0v) is 15.0. The van der Waals surface area contributed by atoms with Crippen molar-refractivity contribution < 1.29 is 14.7 Å². The van der Waals surface area contributed by atoms with Crippen LogP contribution in [0.1, 0.15) is 59.3 Å². The van der Waals surface area contributed by atoms with Gasteiger partial charge in [0.15, 0.2) is 0 Å². The first kappa shape index (κ1) is 18.1. The van der Waals surface area contributed by atoms with Crippen molar-refractivity contribution in [3.63, 3.8) is 0 Å². The van der Waals surface area contributed by atoms with Crippen molar-refractivity contribution in [1.29, 1.82) is 0 Å². The average Bonchev–Trinajstić information content (AvgIpc) is 2.27. The molecule has 0 heterocycles. The summed E-state index contributed by atoms with van der Waals surface area (Å²) in [6.07, 6.45) is 6.37. The molecule has 0 radical (unpaired) electrons. The molecule has 0 aliphatic carbocycles. The van der Waals surface area contributed by atoms with Gasteiger partial charge in [-0.25, -0.2) is 0 Å². The number of hydrogen-bond donors (Lipinski definition) is 3. The topological polar surface area (TPSA) is 60.7 Å². The van der Waals surface area contributed by atoms with E-state index in [-0.39, 0.29) is 0 Å². The summed E-state index contributed by atoms with van der Waals surface area (Å²) in [5, 5.41) is -3.55. The Labute approximate surface area is 109 Å². The van der Waals surface area contributed by atoms with Gasteiger partial charge in [0, 0.05) is 0 Å². The minimum absolute atomic E-state index is 0.937. The predicted molar refractivity (Wildman–Crippen MR) is 79.9 cm³/mol. The van der Waals surface area contributed by atoms with Crippen LogP contribution in [0, 0.1) is 0 Å². The number of rotatable bonds is 9. The van der Waals surface area contributed by atoms with Crippen molar-refractivity contribution in [2.24, 2.45) is 0 Å². The molecule has 0 amide bonds. The molecule has 0 fully saturated rings. The van der Waals surface area contributed by atoms with E-state index < -0.39 is 22.3 Å². The van der Waals surface area contributed by atoms with Gasteiger partial charge in [-0.05, 0) is 0 Å². The average molecular weight is 382 g/mol. The van der Waals surface area contributed by atoms with E-state index >= 15 is 0 Å². The standard InChI is InChI=1S/C12H31O3PTe/c1-4-7-10-17(11-8-5-2,12-9-6-3)16(13,14)15/h13-15,17H,4-12H2,1-3H3. The van der Waals surface area contributed by atoms with Gasteiger partial charge in [-0.1, -0.05) is 0 Å². The van der Waals surface area contributed by atoms with Gasteiger partial charge in [-0.2, -0.15) is 0 Å². The second-order valence-electron chi connectivity index (χ2n) is 4.86. The molecule has 0 rings (SSSR count). The summed E-state index contributed by atoms with van der Waals surface area (Å²) in [5.41, 5.74) is 0. The van der Waals surface area contributed by atoms with Gasteiger partial charge in [-0.15, -0.1) is 0 Å². The van der Waals surface area contributed by atoms with Crippen LogP contribution in [-0.2, 0) is 0 Å². The van der Waals surface area contributed by atoms with Crippen molar-refractivity contribution in [2.75, 3.05) is 0 Å². The molecule has 5 heteroatoms. The van der Waals surface area contributed by atoms with Crippen LogP contribution in [0.4, 0.5) is 0 Å². The zero-order chi connectivity index (χ0) is 13.4. The first-order chi connectivity index (χ1) is 7.93. The van der Waals surface area contributed by atoms with Crippen molar-refractivity contribution in [3.8, 4) is 0 Å². The van der Waals surface area contributed by atoms with E-state index in [0.717, 1.165) is 51.9 Å². The summed E-state index contributed by atoms with van der Waals surface area (Å²) < 4.78 is 2.81. The molecule has 108 valence electrons. The van der Waals surface area contributed by atoms with Crippen LogP contribution < -0.4 is 0 Å². The van der Waals surface area contributed by atoms with Crippen molar-refractivity contribution in [3.05, 3.63) is 0 Å². The molecule has 0 saturated heterocycles. The maximum atomic E-state index is 9.92. The second-order valence-corrected chi connectivity index (χ2v) is 26.3. The van der Waals surface area contributed by atoms with Crippen LogP contribution >= 0.6 is 5.17 Å². The summed E-state index contributed by atoms with van der Waals surface area (Å²) >= 11 is -3.01. The molecule has 0 spiro atoms. The third kappa shape index (κ3) is 6.19. The fourth-order valence-corrected chi connectivity index (χ4v) is 22.3. The summed E-state index contributed by atoms with van der Waals surface area (Å²) in [6.45, 7) is 6.38. The van der Waals surface area contributed by atoms with Crippen molar-refractivity contribution in [2.45, 2.75) is 72.7 Å². The Balaban J connectivity index is 5.09. The summed E-state index contributed by atoms with van der Waals surface area (Å²) in [4.78, 5) is 29.8. The molecule has 3 N–H and O–H groups in total. The van der Waals surface area contributed by atoms with E-state index in [2.05, 4.69) is 20.8 Å². The fraction of sp³-hybridized carbons (Fsp3) is 1.00. The van der Waals surface area contributed by atoms with Crippen molar-refractivity contribution >= 4 is 22.3 Å². The monoisotopic (exact) mass is 384 g/mol. The van der Waals surface area contributed by atoms with Crippen LogP contribution in [0.2, 0.25) is 13.4 Å². The molecule has 3 nitrogen and oxygen atoms in total. The molecule has 0 aromatic heterocycles. The Morgan fingerprint density at radius 3 is 1.18 bits per heavy atom. The van der Waals surface area contributed by atoms with E-state index in [1.165, 1.54) is 0 Å². The van der Waals surface area contributed by atoms with Crippen LogP contribution in [0.5, 0.6) is 0 Å². The fourth-order valence-electron chi connectivity index (χ4n) is 2.10. The molecule has 0 aromatic carbocycles. The van der Waals surface area contributed by atoms with Gasteiger partial charge < -0.3 is 0 Å². The normalized spacial score (nSPS) is 14.0. The second kappa shape index (κ2) is 9.08. The Morgan fingerprint density at radius 2 is 1.00 bits per heavy atom. The molecule has 0 atom stereocenters. The molecule has 0 unspecified atom stereocenters. The molecule has 0 aromatic rings. The molecular weight excluding hydrogens is 351 g/mol. The quantitative estimate of drug-likeness (QED) is 0.420. The molecule has 0 bridgehead atoms. The van der Waals surface area contributed by atoms with Gasteiger partial charge in [0.1, 0.15) is 0 Å². The van der Waals surface area contributed by atoms with Gasteiger partial charge >= 0.3 is 110 Å². The van der Waals surface area contributed by atoms with Gasteiger partial charge in [-0.3, -0.25) is 0 Å². The minimum atomic E-state index is -3.55. The molecule has 0 saturated carbocycles. The molecule has 0 aliphatic heterocycles. The van der Waals surface area contributed by atoms with E-state index in [4.69, 9.17) is 0 Å². The predicted octanol–water partition coefficient (Wildman–Crippen LogP) is 3.80. The molecule has 0 aliphatic rings. The van der Waals surface area contributed by atoms with Crippen molar-refractivity contribution in [1.82, 2.24) is 0 Å². The van der Waals surface area contributed by atoms with Gasteiger partial charge in [0.05, 0.1) is 0 Å². The SMILES string of the molecule is CCCC[TeH](CCCC)(CCCC)=P(O)(O)O. The number of hydrogen-bond acceptors (Lipinski definition) is 3. The third-order valence-electron chi connectivity index (χ3n) is 3.35. The van der Waals surface area contributed by atoms with E-state index in [1.54, 1.807) is 0 Å². The van der Waals surface area contributed by atoms with E-state index in [0.29, 0.717) is 0 Å². The number of unbranched alkanes of at least 4 members (excludes halogenated alkanes) is 3. The first-order valence-corrected chi connectivity index (χ1v) is 17.3. The Bertz CT molecular complexity index is 236. The van der Waals surface area contributed by atoms with Crippen LogP contribution in [0.15, 0.2) is 0 Å². The first-order valence-electron chi connectivity index (χ1n) is 6.87. The summed E-state index contributed by atoms with van der Waals surface area (Å²) in [7, 11) is 0. The maximum absolute atomic E-state index is 9.92. The Kier molecular flexibility index (Phi) is 9.66. The van der Waals surface area contributed by atoms with Gasteiger partial charge in [0.25, 0.3) is 0 Å². The van der Waals surface area contributed by atoms with E-state index in [1.807, 2.05) is 0 Å². The molecule has 17 heavy (non-hydrogen) atoms. The van der Waals surface area contributed by atoms with Crippen LogP contribution in [0.25, 0.3) is 0 Å². The summed E-state index contributed by atoms with van der Waals surface area (Å²) in [6, 6.07) is 0. The van der Waals surface area contributed by atoms with Gasteiger partial charge in [0.2, 0.25) is 0 Å². The van der Waals surface area contributed by atoms with Crippen LogP contribution in [-0.4, -0.2) is 31.8 Å².